The third-order valence-electron chi connectivity index (χ3n) is 1.89. The Bertz CT molecular complexity index is 177. The van der Waals surface area contributed by atoms with E-state index < -0.39 is 0 Å². The van der Waals surface area contributed by atoms with Gasteiger partial charge in [0.25, 0.3) is 0 Å². The minimum absolute atomic E-state index is 0.912. The van der Waals surface area contributed by atoms with Crippen LogP contribution in [0.1, 0.15) is 33.1 Å². The molecule has 0 aromatic heterocycles. The van der Waals surface area contributed by atoms with Crippen LogP contribution in [0.4, 0.5) is 0 Å². The summed E-state index contributed by atoms with van der Waals surface area (Å²) in [6, 6.07) is 0. The summed E-state index contributed by atoms with van der Waals surface area (Å²) in [6.45, 7) is 4.91. The highest BCUT2D eigenvalue weighted by Gasteiger charge is 2.14. The van der Waals surface area contributed by atoms with Gasteiger partial charge in [-0.2, -0.15) is 0 Å². The van der Waals surface area contributed by atoms with Crippen molar-refractivity contribution >= 4 is 0 Å². The van der Waals surface area contributed by atoms with E-state index in [1.54, 1.807) is 0 Å². The fourth-order valence-electron chi connectivity index (χ4n) is 1.37. The van der Waals surface area contributed by atoms with Gasteiger partial charge in [0.1, 0.15) is 5.76 Å². The lowest BCUT2D eigenvalue weighted by Gasteiger charge is -2.04. The van der Waals surface area contributed by atoms with Gasteiger partial charge in [0, 0.05) is 6.42 Å². The first-order valence-electron chi connectivity index (χ1n) is 4.48. The van der Waals surface area contributed by atoms with Crippen LogP contribution in [0.3, 0.4) is 0 Å². The molecule has 0 unspecified atom stereocenters. The Balaban J connectivity index is 0.000000281. The van der Waals surface area contributed by atoms with Crippen molar-refractivity contribution in [1.82, 2.24) is 0 Å². The standard InChI is InChI=1S/C8H10O.C2H6/c1-2-4-8-7(3-1)5-6-9-8;1-2/h2,4H,1,3,5-6H2;1-2H3. The lowest BCUT2D eigenvalue weighted by Crippen LogP contribution is -1.87. The molecule has 0 N–H and O–H groups in total. The number of ether oxygens (including phenoxy) is 1. The summed E-state index contributed by atoms with van der Waals surface area (Å²) in [7, 11) is 0. The number of allylic oxidation sites excluding steroid dienone is 2. The van der Waals surface area contributed by atoms with E-state index in [1.807, 2.05) is 13.8 Å². The molecule has 0 spiro atoms. The molecule has 0 bridgehead atoms. The predicted octanol–water partition coefficient (Wildman–Crippen LogP) is 3.04. The molecule has 1 aliphatic carbocycles. The van der Waals surface area contributed by atoms with E-state index in [2.05, 4.69) is 12.2 Å². The van der Waals surface area contributed by atoms with Crippen molar-refractivity contribution in [3.63, 3.8) is 0 Å². The van der Waals surface area contributed by atoms with Gasteiger partial charge in [-0.05, 0) is 24.5 Å². The average Bonchev–Trinajstić information content (AvgIpc) is 2.55. The van der Waals surface area contributed by atoms with Crippen LogP contribution in [-0.2, 0) is 4.74 Å². The van der Waals surface area contributed by atoms with E-state index in [1.165, 1.54) is 24.8 Å². The smallest absolute Gasteiger partial charge is 0.118 e. The van der Waals surface area contributed by atoms with E-state index in [0.717, 1.165) is 12.4 Å². The second-order valence-electron chi connectivity index (χ2n) is 2.51. The Morgan fingerprint density at radius 2 is 2.09 bits per heavy atom. The summed E-state index contributed by atoms with van der Waals surface area (Å²) in [5.74, 6) is 1.15. The lowest BCUT2D eigenvalue weighted by molar-refractivity contribution is 0.257. The maximum absolute atomic E-state index is 5.35. The van der Waals surface area contributed by atoms with Crippen LogP contribution in [0.5, 0.6) is 0 Å². The molecule has 0 saturated carbocycles. The summed E-state index contributed by atoms with van der Waals surface area (Å²) in [4.78, 5) is 0. The van der Waals surface area contributed by atoms with Crippen molar-refractivity contribution in [2.75, 3.05) is 6.61 Å². The van der Waals surface area contributed by atoms with E-state index >= 15 is 0 Å². The maximum Gasteiger partial charge on any atom is 0.118 e. The zero-order valence-electron chi connectivity index (χ0n) is 7.39. The summed E-state index contributed by atoms with van der Waals surface area (Å²) >= 11 is 0. The minimum Gasteiger partial charge on any atom is -0.493 e. The number of hydrogen-bond acceptors (Lipinski definition) is 1. The Labute approximate surface area is 68.8 Å². The van der Waals surface area contributed by atoms with Crippen molar-refractivity contribution < 1.29 is 4.74 Å². The molecule has 0 atom stereocenters. The molecular formula is C10H16O. The number of hydrogen-bond donors (Lipinski definition) is 0. The van der Waals surface area contributed by atoms with Crippen LogP contribution in [0.15, 0.2) is 23.5 Å². The van der Waals surface area contributed by atoms with Crippen LogP contribution in [0.2, 0.25) is 0 Å². The van der Waals surface area contributed by atoms with E-state index in [0.29, 0.717) is 0 Å². The van der Waals surface area contributed by atoms with Gasteiger partial charge in [-0.25, -0.2) is 0 Å². The molecule has 1 heterocycles. The number of rotatable bonds is 0. The lowest BCUT2D eigenvalue weighted by atomic mass is 10.0. The second-order valence-corrected chi connectivity index (χ2v) is 2.51. The van der Waals surface area contributed by atoms with Crippen LogP contribution in [-0.4, -0.2) is 6.61 Å². The summed E-state index contributed by atoms with van der Waals surface area (Å²) in [5.41, 5.74) is 1.53. The van der Waals surface area contributed by atoms with Gasteiger partial charge < -0.3 is 4.74 Å². The fraction of sp³-hybridized carbons (Fsp3) is 0.600. The Morgan fingerprint density at radius 1 is 1.27 bits per heavy atom. The van der Waals surface area contributed by atoms with E-state index in [-0.39, 0.29) is 0 Å². The highest BCUT2D eigenvalue weighted by atomic mass is 16.5. The Hall–Kier alpha value is -0.720. The topological polar surface area (TPSA) is 9.23 Å². The minimum atomic E-state index is 0.912. The maximum atomic E-state index is 5.35. The van der Waals surface area contributed by atoms with Crippen molar-refractivity contribution in [3.05, 3.63) is 23.5 Å². The van der Waals surface area contributed by atoms with Gasteiger partial charge in [-0.15, -0.1) is 0 Å². The first kappa shape index (κ1) is 8.38. The highest BCUT2D eigenvalue weighted by molar-refractivity contribution is 5.27. The van der Waals surface area contributed by atoms with Crippen LogP contribution in [0.25, 0.3) is 0 Å². The molecule has 11 heavy (non-hydrogen) atoms. The van der Waals surface area contributed by atoms with Crippen LogP contribution >= 0.6 is 0 Å². The van der Waals surface area contributed by atoms with E-state index in [4.69, 9.17) is 4.74 Å². The van der Waals surface area contributed by atoms with Crippen LogP contribution in [0, 0.1) is 0 Å². The van der Waals surface area contributed by atoms with Crippen molar-refractivity contribution in [2.24, 2.45) is 0 Å². The zero-order valence-corrected chi connectivity index (χ0v) is 7.39. The second kappa shape index (κ2) is 4.22. The molecule has 0 fully saturated rings. The molecule has 2 rings (SSSR count). The van der Waals surface area contributed by atoms with Gasteiger partial charge in [-0.1, -0.05) is 19.9 Å². The third-order valence-corrected chi connectivity index (χ3v) is 1.89. The van der Waals surface area contributed by atoms with Gasteiger partial charge in [0.2, 0.25) is 0 Å². The molecular weight excluding hydrogens is 136 g/mol. The molecule has 0 aromatic rings. The largest absolute Gasteiger partial charge is 0.493 e. The first-order chi connectivity index (χ1) is 5.47. The SMILES string of the molecule is C1=CC2=C(CC1)CCO2.CC. The van der Waals surface area contributed by atoms with Gasteiger partial charge in [-0.3, -0.25) is 0 Å². The van der Waals surface area contributed by atoms with Gasteiger partial charge >= 0.3 is 0 Å². The molecule has 0 amide bonds. The molecule has 0 saturated heterocycles. The Kier molecular flexibility index (Phi) is 3.21. The molecule has 1 nitrogen and oxygen atoms in total. The predicted molar refractivity (Wildman–Crippen MR) is 47.3 cm³/mol. The monoisotopic (exact) mass is 152 g/mol. The zero-order chi connectivity index (χ0) is 8.10. The van der Waals surface area contributed by atoms with Crippen molar-refractivity contribution in [2.45, 2.75) is 33.1 Å². The summed E-state index contributed by atoms with van der Waals surface area (Å²) in [6.07, 6.45) is 7.89. The highest BCUT2D eigenvalue weighted by Crippen LogP contribution is 2.27. The van der Waals surface area contributed by atoms with Gasteiger partial charge in [0.05, 0.1) is 6.61 Å². The molecule has 0 radical (unpaired) electrons. The first-order valence-corrected chi connectivity index (χ1v) is 4.48. The average molecular weight is 152 g/mol. The quantitative estimate of drug-likeness (QED) is 0.518. The molecule has 1 heteroatoms. The summed E-state index contributed by atoms with van der Waals surface area (Å²) < 4.78 is 5.35. The third kappa shape index (κ3) is 1.86. The summed E-state index contributed by atoms with van der Waals surface area (Å²) in [5, 5.41) is 0. The van der Waals surface area contributed by atoms with Crippen LogP contribution < -0.4 is 0 Å². The molecule has 2 aliphatic rings. The Morgan fingerprint density at radius 3 is 2.82 bits per heavy atom. The fourth-order valence-corrected chi connectivity index (χ4v) is 1.37. The van der Waals surface area contributed by atoms with Gasteiger partial charge in [0.15, 0.2) is 0 Å². The van der Waals surface area contributed by atoms with Crippen molar-refractivity contribution in [1.29, 1.82) is 0 Å². The van der Waals surface area contributed by atoms with E-state index in [9.17, 15) is 0 Å². The molecule has 62 valence electrons. The molecule has 1 aliphatic heterocycles. The molecule has 0 aromatic carbocycles. The van der Waals surface area contributed by atoms with Crippen molar-refractivity contribution in [3.8, 4) is 0 Å². The normalized spacial score (nSPS) is 20.2.